The van der Waals surface area contributed by atoms with Crippen molar-refractivity contribution in [3.63, 3.8) is 0 Å². The number of Topliss-reactive ketones (excluding diaryl/α,β-unsaturated/α-hetero) is 1. The van der Waals surface area contributed by atoms with Crippen molar-refractivity contribution in [2.24, 2.45) is 0 Å². The van der Waals surface area contributed by atoms with E-state index >= 15 is 0 Å². The maximum atomic E-state index is 13.0. The van der Waals surface area contributed by atoms with Gasteiger partial charge < -0.3 is 4.57 Å². The number of aryl methyl sites for hydroxylation is 1. The number of amides is 4. The zero-order chi connectivity index (χ0) is 21.7. The van der Waals surface area contributed by atoms with Crippen LogP contribution in [0.2, 0.25) is 0 Å². The Balaban J connectivity index is 1.94. The highest BCUT2D eigenvalue weighted by Crippen LogP contribution is 2.31. The van der Waals surface area contributed by atoms with Gasteiger partial charge in [0.15, 0.2) is 5.78 Å². The van der Waals surface area contributed by atoms with E-state index in [1.165, 1.54) is 22.8 Å². The number of hydrogen-bond acceptors (Lipinski definition) is 4. The number of urea groups is 1. The molecule has 3 rings (SSSR count). The molecule has 7 nitrogen and oxygen atoms in total. The molecule has 0 bridgehead atoms. The molecule has 29 heavy (non-hydrogen) atoms. The standard InChI is InChI=1S/C19H16F3N3O4/c1-10-7-14(15(26)9-24-17(28)16(27)23(3)18(24)29)11(2)25(10)13-6-4-5-12(8-13)19(20,21)22/h4-8H,9H2,1-3H3. The Morgan fingerprint density at radius 1 is 1.03 bits per heavy atom. The third kappa shape index (κ3) is 3.41. The topological polar surface area (TPSA) is 79.7 Å². The number of benzene rings is 1. The number of alkyl halides is 3. The lowest BCUT2D eigenvalue weighted by molar-refractivity contribution is -0.142. The number of rotatable bonds is 4. The summed E-state index contributed by atoms with van der Waals surface area (Å²) in [6, 6.07) is 5.22. The van der Waals surface area contributed by atoms with Crippen LogP contribution in [0.5, 0.6) is 0 Å². The van der Waals surface area contributed by atoms with Gasteiger partial charge in [0.2, 0.25) is 0 Å². The van der Waals surface area contributed by atoms with Crippen LogP contribution in [0.1, 0.15) is 27.3 Å². The molecule has 0 atom stereocenters. The van der Waals surface area contributed by atoms with Gasteiger partial charge in [-0.1, -0.05) is 6.07 Å². The smallest absolute Gasteiger partial charge is 0.318 e. The van der Waals surface area contributed by atoms with Gasteiger partial charge in [-0.15, -0.1) is 0 Å². The fourth-order valence-corrected chi connectivity index (χ4v) is 3.25. The second-order valence-corrected chi connectivity index (χ2v) is 6.63. The van der Waals surface area contributed by atoms with Gasteiger partial charge in [0.05, 0.1) is 12.1 Å². The number of nitrogens with zero attached hydrogens (tertiary/aromatic N) is 3. The normalized spacial score (nSPS) is 14.9. The molecule has 4 amide bonds. The first-order chi connectivity index (χ1) is 13.4. The number of ketones is 1. The summed E-state index contributed by atoms with van der Waals surface area (Å²) in [5.41, 5.74) is 0.382. The molecule has 0 saturated carbocycles. The number of imide groups is 2. The van der Waals surface area contributed by atoms with E-state index in [2.05, 4.69) is 0 Å². The molecule has 2 aromatic rings. The Bertz CT molecular complexity index is 1060. The lowest BCUT2D eigenvalue weighted by atomic mass is 10.1. The molecular weight excluding hydrogens is 391 g/mol. The van der Waals surface area contributed by atoms with Gasteiger partial charge in [-0.2, -0.15) is 13.2 Å². The predicted octanol–water partition coefficient (Wildman–Crippen LogP) is 2.72. The monoisotopic (exact) mass is 407 g/mol. The van der Waals surface area contributed by atoms with E-state index in [0.717, 1.165) is 19.2 Å². The van der Waals surface area contributed by atoms with Crippen LogP contribution in [0.25, 0.3) is 5.69 Å². The van der Waals surface area contributed by atoms with Crippen LogP contribution in [-0.2, 0) is 15.8 Å². The molecule has 1 aliphatic heterocycles. The van der Waals surface area contributed by atoms with Gasteiger partial charge in [-0.3, -0.25) is 19.3 Å². The van der Waals surface area contributed by atoms with Crippen molar-refractivity contribution in [3.8, 4) is 5.69 Å². The number of carbonyl (C=O) groups excluding carboxylic acids is 4. The highest BCUT2D eigenvalue weighted by Gasteiger charge is 2.43. The molecule has 152 valence electrons. The minimum absolute atomic E-state index is 0.141. The van der Waals surface area contributed by atoms with Gasteiger partial charge in [-0.25, -0.2) is 9.69 Å². The molecule has 1 aromatic carbocycles. The molecule has 10 heteroatoms. The molecule has 1 aliphatic rings. The maximum absolute atomic E-state index is 13.0. The lowest BCUT2D eigenvalue weighted by Crippen LogP contribution is -2.36. The molecule has 0 radical (unpaired) electrons. The van der Waals surface area contributed by atoms with Gasteiger partial charge in [0, 0.05) is 29.7 Å². The maximum Gasteiger partial charge on any atom is 0.416 e. The summed E-state index contributed by atoms with van der Waals surface area (Å²) in [4.78, 5) is 49.2. The largest absolute Gasteiger partial charge is 0.416 e. The van der Waals surface area contributed by atoms with E-state index < -0.39 is 41.9 Å². The SMILES string of the molecule is Cc1cc(C(=O)CN2C(=O)C(=O)N(C)C2=O)c(C)n1-c1cccc(C(F)(F)F)c1. The highest BCUT2D eigenvalue weighted by molar-refractivity contribution is 6.45. The van der Waals surface area contributed by atoms with Crippen molar-refractivity contribution in [3.05, 3.63) is 52.8 Å². The number of hydrogen-bond donors (Lipinski definition) is 0. The van der Waals surface area contributed by atoms with Gasteiger partial charge >= 0.3 is 24.0 Å². The van der Waals surface area contributed by atoms with Gasteiger partial charge in [-0.05, 0) is 38.1 Å². The third-order valence-electron chi connectivity index (χ3n) is 4.72. The average Bonchev–Trinajstić information content (AvgIpc) is 3.05. The molecule has 0 spiro atoms. The van der Waals surface area contributed by atoms with Crippen LogP contribution in [0.3, 0.4) is 0 Å². The van der Waals surface area contributed by atoms with Crippen molar-refractivity contribution < 1.29 is 32.3 Å². The lowest BCUT2D eigenvalue weighted by Gasteiger charge is -2.14. The van der Waals surface area contributed by atoms with Crippen LogP contribution >= 0.6 is 0 Å². The first-order valence-electron chi connectivity index (χ1n) is 8.46. The number of carbonyl (C=O) groups is 4. The summed E-state index contributed by atoms with van der Waals surface area (Å²) in [5, 5.41) is 0. The highest BCUT2D eigenvalue weighted by atomic mass is 19.4. The molecule has 2 heterocycles. The fraction of sp³-hybridized carbons (Fsp3) is 0.263. The zero-order valence-corrected chi connectivity index (χ0v) is 15.7. The predicted molar refractivity (Wildman–Crippen MR) is 94.5 cm³/mol. The van der Waals surface area contributed by atoms with Crippen molar-refractivity contribution >= 4 is 23.6 Å². The first-order valence-corrected chi connectivity index (χ1v) is 8.46. The van der Waals surface area contributed by atoms with E-state index in [1.54, 1.807) is 13.8 Å². The number of aromatic nitrogens is 1. The van der Waals surface area contributed by atoms with E-state index in [9.17, 15) is 32.3 Å². The minimum atomic E-state index is -4.52. The quantitative estimate of drug-likeness (QED) is 0.444. The Kier molecular flexibility index (Phi) is 4.81. The van der Waals surface area contributed by atoms with Gasteiger partial charge in [0.1, 0.15) is 0 Å². The molecule has 0 aliphatic carbocycles. The Labute approximate surface area is 163 Å². The van der Waals surface area contributed by atoms with E-state index in [-0.39, 0.29) is 11.3 Å². The Morgan fingerprint density at radius 2 is 1.69 bits per heavy atom. The number of halogens is 3. The average molecular weight is 407 g/mol. The van der Waals surface area contributed by atoms with E-state index in [4.69, 9.17) is 0 Å². The van der Waals surface area contributed by atoms with E-state index in [1.807, 2.05) is 0 Å². The van der Waals surface area contributed by atoms with Crippen molar-refractivity contribution in [1.82, 2.24) is 14.4 Å². The summed E-state index contributed by atoms with van der Waals surface area (Å²) in [7, 11) is 1.13. The molecule has 0 unspecified atom stereocenters. The molecule has 1 saturated heterocycles. The third-order valence-corrected chi connectivity index (χ3v) is 4.72. The Hall–Kier alpha value is -3.43. The van der Waals surface area contributed by atoms with Crippen molar-refractivity contribution in [2.45, 2.75) is 20.0 Å². The minimum Gasteiger partial charge on any atom is -0.318 e. The van der Waals surface area contributed by atoms with Crippen LogP contribution in [0, 0.1) is 13.8 Å². The Morgan fingerprint density at radius 3 is 2.24 bits per heavy atom. The van der Waals surface area contributed by atoms with Crippen molar-refractivity contribution in [2.75, 3.05) is 13.6 Å². The first kappa shape index (κ1) is 20.3. The molecule has 0 N–H and O–H groups in total. The van der Waals surface area contributed by atoms with Crippen LogP contribution < -0.4 is 0 Å². The second kappa shape index (κ2) is 6.87. The molecule has 1 fully saturated rings. The van der Waals surface area contributed by atoms with Gasteiger partial charge in [0.25, 0.3) is 0 Å². The van der Waals surface area contributed by atoms with Crippen LogP contribution in [-0.4, -0.2) is 51.6 Å². The van der Waals surface area contributed by atoms with Crippen LogP contribution in [0.15, 0.2) is 30.3 Å². The molecular formula is C19H16F3N3O4. The van der Waals surface area contributed by atoms with Crippen molar-refractivity contribution in [1.29, 1.82) is 0 Å². The fourth-order valence-electron chi connectivity index (χ4n) is 3.25. The zero-order valence-electron chi connectivity index (χ0n) is 15.7. The van der Waals surface area contributed by atoms with Crippen LogP contribution in [0.4, 0.5) is 18.0 Å². The summed E-state index contributed by atoms with van der Waals surface area (Å²) < 4.78 is 40.5. The summed E-state index contributed by atoms with van der Waals surface area (Å²) in [5.74, 6) is -2.74. The summed E-state index contributed by atoms with van der Waals surface area (Å²) in [6.07, 6.45) is -4.52. The molecule has 1 aromatic heterocycles. The summed E-state index contributed by atoms with van der Waals surface area (Å²) >= 11 is 0. The second-order valence-electron chi connectivity index (χ2n) is 6.63. The summed E-state index contributed by atoms with van der Waals surface area (Å²) in [6.45, 7) is 2.53. The van der Waals surface area contributed by atoms with E-state index in [0.29, 0.717) is 21.2 Å². The number of likely N-dealkylation sites (N-methyl/N-ethyl adjacent to an activating group) is 1.